The van der Waals surface area contributed by atoms with Gasteiger partial charge in [-0.15, -0.1) is 0 Å². The summed E-state index contributed by atoms with van der Waals surface area (Å²) in [7, 11) is 1.74. The van der Waals surface area contributed by atoms with E-state index in [2.05, 4.69) is 0 Å². The van der Waals surface area contributed by atoms with Gasteiger partial charge in [-0.25, -0.2) is 4.39 Å². The topological polar surface area (TPSA) is 46.3 Å². The summed E-state index contributed by atoms with van der Waals surface area (Å²) < 4.78 is 13.1. The standard InChI is InChI=1S/C16H22ClFN2O/c1-16(19)8-4-3-5-13(16)15(21)20(2)10-11-6-7-12(18)9-14(11)17/h6-7,9,13H,3-5,8,10,19H2,1-2H3. The van der Waals surface area contributed by atoms with Gasteiger partial charge in [-0.1, -0.05) is 30.5 Å². The van der Waals surface area contributed by atoms with Crippen LogP contribution in [0.2, 0.25) is 5.02 Å². The number of halogens is 2. The van der Waals surface area contributed by atoms with Crippen LogP contribution in [-0.2, 0) is 11.3 Å². The minimum Gasteiger partial charge on any atom is -0.341 e. The summed E-state index contributed by atoms with van der Waals surface area (Å²) in [5, 5.41) is 0.341. The normalized spacial score (nSPS) is 25.7. The Bertz CT molecular complexity index is 533. The van der Waals surface area contributed by atoms with Crippen molar-refractivity contribution in [3.05, 3.63) is 34.6 Å². The fourth-order valence-corrected chi connectivity index (χ4v) is 3.24. The first-order chi connectivity index (χ1) is 9.81. The minimum atomic E-state index is -0.448. The SMILES string of the molecule is CN(Cc1ccc(F)cc1Cl)C(=O)C1CCCCC1(C)N. The summed E-state index contributed by atoms with van der Waals surface area (Å²) in [6, 6.07) is 4.24. The van der Waals surface area contributed by atoms with Crippen molar-refractivity contribution in [2.75, 3.05) is 7.05 Å². The fourth-order valence-electron chi connectivity index (χ4n) is 3.01. The molecule has 1 aliphatic carbocycles. The smallest absolute Gasteiger partial charge is 0.227 e. The quantitative estimate of drug-likeness (QED) is 0.930. The third-order valence-corrected chi connectivity index (χ3v) is 4.70. The van der Waals surface area contributed by atoms with Crippen LogP contribution >= 0.6 is 11.6 Å². The summed E-state index contributed by atoms with van der Waals surface area (Å²) in [5.74, 6) is -0.491. The lowest BCUT2D eigenvalue weighted by atomic mass is 9.74. The molecular formula is C16H22ClFN2O. The molecule has 2 rings (SSSR count). The Hall–Kier alpha value is -1.13. The first kappa shape index (κ1) is 16.2. The van der Waals surface area contributed by atoms with E-state index in [-0.39, 0.29) is 17.6 Å². The number of carbonyl (C=O) groups is 1. The zero-order chi connectivity index (χ0) is 15.6. The summed E-state index contributed by atoms with van der Waals surface area (Å²) in [4.78, 5) is 14.3. The van der Waals surface area contributed by atoms with Gasteiger partial charge >= 0.3 is 0 Å². The highest BCUT2D eigenvalue weighted by Gasteiger charge is 2.39. The van der Waals surface area contributed by atoms with Gasteiger partial charge in [0.1, 0.15) is 5.82 Å². The lowest BCUT2D eigenvalue weighted by Gasteiger charge is -2.39. The monoisotopic (exact) mass is 312 g/mol. The third-order valence-electron chi connectivity index (χ3n) is 4.35. The van der Waals surface area contributed by atoms with Gasteiger partial charge in [0.15, 0.2) is 0 Å². The third kappa shape index (κ3) is 3.74. The van der Waals surface area contributed by atoms with E-state index in [4.69, 9.17) is 17.3 Å². The van der Waals surface area contributed by atoms with Crippen molar-refractivity contribution in [2.24, 2.45) is 11.7 Å². The van der Waals surface area contributed by atoms with Crippen LogP contribution in [-0.4, -0.2) is 23.4 Å². The molecule has 0 aromatic heterocycles. The molecule has 0 saturated heterocycles. The van der Waals surface area contributed by atoms with Crippen LogP contribution in [0.3, 0.4) is 0 Å². The van der Waals surface area contributed by atoms with E-state index in [1.165, 1.54) is 12.1 Å². The van der Waals surface area contributed by atoms with Gasteiger partial charge in [-0.3, -0.25) is 4.79 Å². The molecule has 2 N–H and O–H groups in total. The summed E-state index contributed by atoms with van der Waals surface area (Å²) in [6.45, 7) is 2.32. The molecule has 0 aliphatic heterocycles. The second-order valence-electron chi connectivity index (χ2n) is 6.23. The zero-order valence-corrected chi connectivity index (χ0v) is 13.3. The lowest BCUT2D eigenvalue weighted by molar-refractivity contribution is -0.138. The number of nitrogens with two attached hydrogens (primary N) is 1. The van der Waals surface area contributed by atoms with E-state index in [1.54, 1.807) is 18.0 Å². The molecule has 0 bridgehead atoms. The molecule has 0 heterocycles. The average Bonchev–Trinajstić information content (AvgIpc) is 2.40. The Morgan fingerprint density at radius 1 is 1.52 bits per heavy atom. The molecule has 5 heteroatoms. The van der Waals surface area contributed by atoms with Crippen LogP contribution in [0.25, 0.3) is 0 Å². The van der Waals surface area contributed by atoms with E-state index in [0.29, 0.717) is 11.6 Å². The number of benzene rings is 1. The predicted molar refractivity (Wildman–Crippen MR) is 82.4 cm³/mol. The molecule has 0 radical (unpaired) electrons. The van der Waals surface area contributed by atoms with Crippen molar-refractivity contribution in [2.45, 2.75) is 44.7 Å². The Morgan fingerprint density at radius 3 is 2.86 bits per heavy atom. The highest BCUT2D eigenvalue weighted by molar-refractivity contribution is 6.31. The fraction of sp³-hybridized carbons (Fsp3) is 0.562. The van der Waals surface area contributed by atoms with Crippen molar-refractivity contribution in [3.8, 4) is 0 Å². The van der Waals surface area contributed by atoms with Crippen molar-refractivity contribution in [1.29, 1.82) is 0 Å². The van der Waals surface area contributed by atoms with E-state index in [1.807, 2.05) is 6.92 Å². The van der Waals surface area contributed by atoms with Crippen LogP contribution in [0.1, 0.15) is 38.2 Å². The van der Waals surface area contributed by atoms with Gasteiger partial charge in [0, 0.05) is 24.2 Å². The molecule has 1 fully saturated rings. The van der Waals surface area contributed by atoms with Gasteiger partial charge in [-0.2, -0.15) is 0 Å². The second-order valence-corrected chi connectivity index (χ2v) is 6.64. The van der Waals surface area contributed by atoms with Gasteiger partial charge in [0.05, 0.1) is 5.92 Å². The van der Waals surface area contributed by atoms with Gasteiger partial charge in [0.2, 0.25) is 5.91 Å². The minimum absolute atomic E-state index is 0.0418. The number of carbonyl (C=O) groups excluding carboxylic acids is 1. The largest absolute Gasteiger partial charge is 0.341 e. The van der Waals surface area contributed by atoms with Crippen LogP contribution in [0.4, 0.5) is 4.39 Å². The van der Waals surface area contributed by atoms with Gasteiger partial charge < -0.3 is 10.6 Å². The molecular weight excluding hydrogens is 291 g/mol. The highest BCUT2D eigenvalue weighted by Crippen LogP contribution is 2.33. The molecule has 1 amide bonds. The molecule has 21 heavy (non-hydrogen) atoms. The molecule has 0 spiro atoms. The van der Waals surface area contributed by atoms with Crippen LogP contribution in [0, 0.1) is 11.7 Å². The van der Waals surface area contributed by atoms with E-state index < -0.39 is 5.54 Å². The number of rotatable bonds is 3. The van der Waals surface area contributed by atoms with E-state index in [9.17, 15) is 9.18 Å². The number of nitrogens with zero attached hydrogens (tertiary/aromatic N) is 1. The van der Waals surface area contributed by atoms with Crippen LogP contribution in [0.5, 0.6) is 0 Å². The molecule has 2 atom stereocenters. The first-order valence-corrected chi connectivity index (χ1v) is 7.67. The lowest BCUT2D eigenvalue weighted by Crippen LogP contribution is -2.53. The maximum Gasteiger partial charge on any atom is 0.227 e. The molecule has 1 aromatic carbocycles. The van der Waals surface area contributed by atoms with Gasteiger partial charge in [0.25, 0.3) is 0 Å². The molecule has 1 aromatic rings. The number of hydrogen-bond acceptors (Lipinski definition) is 2. The van der Waals surface area contributed by atoms with Crippen molar-refractivity contribution >= 4 is 17.5 Å². The Labute approximate surface area is 130 Å². The Kier molecular flexibility index (Phi) is 4.89. The Morgan fingerprint density at radius 2 is 2.24 bits per heavy atom. The van der Waals surface area contributed by atoms with E-state index >= 15 is 0 Å². The summed E-state index contributed by atoms with van der Waals surface area (Å²) >= 11 is 6.02. The van der Waals surface area contributed by atoms with Gasteiger partial charge in [-0.05, 0) is 37.5 Å². The van der Waals surface area contributed by atoms with Crippen molar-refractivity contribution in [3.63, 3.8) is 0 Å². The van der Waals surface area contributed by atoms with Crippen LogP contribution in [0.15, 0.2) is 18.2 Å². The summed E-state index contributed by atoms with van der Waals surface area (Å²) in [6.07, 6.45) is 3.81. The molecule has 3 nitrogen and oxygen atoms in total. The van der Waals surface area contributed by atoms with E-state index in [0.717, 1.165) is 31.2 Å². The highest BCUT2D eigenvalue weighted by atomic mass is 35.5. The van der Waals surface area contributed by atoms with Crippen molar-refractivity contribution < 1.29 is 9.18 Å². The zero-order valence-electron chi connectivity index (χ0n) is 12.5. The van der Waals surface area contributed by atoms with Crippen molar-refractivity contribution in [1.82, 2.24) is 4.90 Å². The first-order valence-electron chi connectivity index (χ1n) is 7.29. The summed E-state index contributed by atoms with van der Waals surface area (Å²) in [5.41, 5.74) is 6.57. The molecule has 2 unspecified atom stereocenters. The predicted octanol–water partition coefficient (Wildman–Crippen LogP) is 3.35. The molecule has 1 aliphatic rings. The molecule has 1 saturated carbocycles. The Balaban J connectivity index is 2.08. The average molecular weight is 313 g/mol. The van der Waals surface area contributed by atoms with Crippen LogP contribution < -0.4 is 5.73 Å². The molecule has 116 valence electrons. The maximum absolute atomic E-state index is 13.1. The maximum atomic E-state index is 13.1. The second kappa shape index (κ2) is 6.32. The number of amides is 1. The number of hydrogen-bond donors (Lipinski definition) is 1.